The van der Waals surface area contributed by atoms with Crippen LogP contribution in [0.25, 0.3) is 0 Å². The minimum atomic E-state index is 0.494. The summed E-state index contributed by atoms with van der Waals surface area (Å²) in [6.07, 6.45) is 1.24. The first kappa shape index (κ1) is 15.4. The zero-order valence-corrected chi connectivity index (χ0v) is 12.9. The summed E-state index contributed by atoms with van der Waals surface area (Å²) in [5.74, 6) is 0.686. The molecule has 0 bridgehead atoms. The van der Waals surface area contributed by atoms with Crippen molar-refractivity contribution in [2.75, 3.05) is 26.8 Å². The first-order valence-electron chi connectivity index (χ1n) is 7.57. The van der Waals surface area contributed by atoms with E-state index in [0.717, 1.165) is 38.5 Å². The van der Waals surface area contributed by atoms with E-state index in [-0.39, 0.29) is 0 Å². The largest absolute Gasteiger partial charge is 0.384 e. The molecule has 1 aromatic rings. The summed E-state index contributed by atoms with van der Waals surface area (Å²) >= 11 is 0. The Morgan fingerprint density at radius 1 is 1.40 bits per heavy atom. The van der Waals surface area contributed by atoms with Crippen molar-refractivity contribution >= 4 is 0 Å². The SMILES string of the molecule is COCC1CCN(Cc2cccc(CNC(C)C)n2)C1. The van der Waals surface area contributed by atoms with Crippen LogP contribution in [0.3, 0.4) is 0 Å². The predicted octanol–water partition coefficient (Wildman–Crippen LogP) is 2.05. The number of ether oxygens (including phenoxy) is 1. The average molecular weight is 277 g/mol. The van der Waals surface area contributed by atoms with Crippen LogP contribution >= 0.6 is 0 Å². The molecule has 1 unspecified atom stereocenters. The maximum Gasteiger partial charge on any atom is 0.0547 e. The molecule has 4 heteroatoms. The van der Waals surface area contributed by atoms with Crippen LogP contribution in [0.1, 0.15) is 31.7 Å². The summed E-state index contributed by atoms with van der Waals surface area (Å²) in [6, 6.07) is 6.83. The van der Waals surface area contributed by atoms with E-state index in [1.807, 2.05) is 0 Å². The van der Waals surface area contributed by atoms with Gasteiger partial charge < -0.3 is 10.1 Å². The molecule has 1 aliphatic heterocycles. The highest BCUT2D eigenvalue weighted by Crippen LogP contribution is 2.18. The number of aromatic nitrogens is 1. The normalized spacial score (nSPS) is 19.9. The van der Waals surface area contributed by atoms with Gasteiger partial charge in [-0.15, -0.1) is 0 Å². The molecule has 0 spiro atoms. The van der Waals surface area contributed by atoms with E-state index in [4.69, 9.17) is 9.72 Å². The summed E-state index contributed by atoms with van der Waals surface area (Å²) in [6.45, 7) is 9.28. The topological polar surface area (TPSA) is 37.4 Å². The van der Waals surface area contributed by atoms with Crippen LogP contribution < -0.4 is 5.32 Å². The number of likely N-dealkylation sites (tertiary alicyclic amines) is 1. The summed E-state index contributed by atoms with van der Waals surface area (Å²) in [4.78, 5) is 7.22. The third kappa shape index (κ3) is 4.85. The molecule has 4 nitrogen and oxygen atoms in total. The Balaban J connectivity index is 1.85. The van der Waals surface area contributed by atoms with Gasteiger partial charge >= 0.3 is 0 Å². The molecule has 1 atom stereocenters. The fourth-order valence-corrected chi connectivity index (χ4v) is 2.68. The van der Waals surface area contributed by atoms with Crippen molar-refractivity contribution in [3.05, 3.63) is 29.6 Å². The van der Waals surface area contributed by atoms with E-state index in [1.54, 1.807) is 7.11 Å². The second-order valence-corrected chi connectivity index (χ2v) is 6.00. The standard InChI is InChI=1S/C16H27N3O/c1-13(2)17-9-15-5-4-6-16(18-15)11-19-8-7-14(10-19)12-20-3/h4-6,13-14,17H,7-12H2,1-3H3. The van der Waals surface area contributed by atoms with Gasteiger partial charge in [0.05, 0.1) is 18.0 Å². The van der Waals surface area contributed by atoms with Gasteiger partial charge in [0.25, 0.3) is 0 Å². The van der Waals surface area contributed by atoms with E-state index >= 15 is 0 Å². The van der Waals surface area contributed by atoms with E-state index < -0.39 is 0 Å². The zero-order chi connectivity index (χ0) is 14.4. The lowest BCUT2D eigenvalue weighted by molar-refractivity contribution is 0.152. The quantitative estimate of drug-likeness (QED) is 0.828. The van der Waals surface area contributed by atoms with Crippen molar-refractivity contribution in [1.82, 2.24) is 15.2 Å². The first-order valence-corrected chi connectivity index (χ1v) is 7.57. The third-order valence-electron chi connectivity index (χ3n) is 3.71. The van der Waals surface area contributed by atoms with Gasteiger partial charge in [-0.1, -0.05) is 19.9 Å². The van der Waals surface area contributed by atoms with Crippen LogP contribution in [0.4, 0.5) is 0 Å². The molecule has 2 heterocycles. The molecule has 2 rings (SSSR count). The molecule has 20 heavy (non-hydrogen) atoms. The van der Waals surface area contributed by atoms with Crippen LogP contribution in [0.5, 0.6) is 0 Å². The van der Waals surface area contributed by atoms with Gasteiger partial charge in [0.2, 0.25) is 0 Å². The maximum absolute atomic E-state index is 5.25. The Hall–Kier alpha value is -0.970. The van der Waals surface area contributed by atoms with Gasteiger partial charge in [0, 0.05) is 32.8 Å². The smallest absolute Gasteiger partial charge is 0.0547 e. The number of methoxy groups -OCH3 is 1. The molecule has 0 aliphatic carbocycles. The summed E-state index contributed by atoms with van der Waals surface area (Å²) < 4.78 is 5.25. The van der Waals surface area contributed by atoms with Crippen molar-refractivity contribution < 1.29 is 4.74 Å². The number of hydrogen-bond acceptors (Lipinski definition) is 4. The first-order chi connectivity index (χ1) is 9.67. The van der Waals surface area contributed by atoms with Crippen LogP contribution in [0.15, 0.2) is 18.2 Å². The summed E-state index contributed by atoms with van der Waals surface area (Å²) in [5.41, 5.74) is 2.30. The van der Waals surface area contributed by atoms with Crippen molar-refractivity contribution in [2.45, 2.75) is 39.4 Å². The molecule has 1 saturated heterocycles. The van der Waals surface area contributed by atoms with Crippen molar-refractivity contribution in [3.8, 4) is 0 Å². The lowest BCUT2D eigenvalue weighted by Gasteiger charge is -2.16. The Morgan fingerprint density at radius 2 is 2.20 bits per heavy atom. The molecule has 0 aromatic carbocycles. The lowest BCUT2D eigenvalue weighted by Crippen LogP contribution is -2.24. The highest BCUT2D eigenvalue weighted by atomic mass is 16.5. The van der Waals surface area contributed by atoms with E-state index in [1.165, 1.54) is 12.1 Å². The molecule has 0 amide bonds. The molecule has 0 radical (unpaired) electrons. The van der Waals surface area contributed by atoms with E-state index in [9.17, 15) is 0 Å². The second kappa shape index (κ2) is 7.72. The van der Waals surface area contributed by atoms with Crippen LogP contribution in [-0.4, -0.2) is 42.7 Å². The van der Waals surface area contributed by atoms with E-state index in [2.05, 4.69) is 42.3 Å². The van der Waals surface area contributed by atoms with E-state index in [0.29, 0.717) is 12.0 Å². The number of nitrogens with one attached hydrogen (secondary N) is 1. The molecule has 1 aliphatic rings. The summed E-state index contributed by atoms with van der Waals surface area (Å²) in [5, 5.41) is 3.41. The number of rotatable bonds is 7. The molecule has 1 aromatic heterocycles. The molecule has 112 valence electrons. The third-order valence-corrected chi connectivity index (χ3v) is 3.71. The molecule has 1 N–H and O–H groups in total. The minimum Gasteiger partial charge on any atom is -0.384 e. The number of pyridine rings is 1. The van der Waals surface area contributed by atoms with Gasteiger partial charge in [-0.2, -0.15) is 0 Å². The van der Waals surface area contributed by atoms with Crippen LogP contribution in [0, 0.1) is 5.92 Å². The fourth-order valence-electron chi connectivity index (χ4n) is 2.68. The number of hydrogen-bond donors (Lipinski definition) is 1. The van der Waals surface area contributed by atoms with Gasteiger partial charge in [0.15, 0.2) is 0 Å². The van der Waals surface area contributed by atoms with Crippen molar-refractivity contribution in [2.24, 2.45) is 5.92 Å². The van der Waals surface area contributed by atoms with Crippen molar-refractivity contribution in [1.29, 1.82) is 0 Å². The fraction of sp³-hybridized carbons (Fsp3) is 0.688. The molecule has 1 fully saturated rings. The molecular formula is C16H27N3O. The highest BCUT2D eigenvalue weighted by Gasteiger charge is 2.22. The minimum absolute atomic E-state index is 0.494. The molecular weight excluding hydrogens is 250 g/mol. The zero-order valence-electron chi connectivity index (χ0n) is 12.9. The Bertz CT molecular complexity index is 408. The summed E-state index contributed by atoms with van der Waals surface area (Å²) in [7, 11) is 1.79. The average Bonchev–Trinajstić information content (AvgIpc) is 2.85. The van der Waals surface area contributed by atoms with Gasteiger partial charge in [-0.3, -0.25) is 9.88 Å². The Labute approximate surface area is 122 Å². The van der Waals surface area contributed by atoms with Gasteiger partial charge in [0.1, 0.15) is 0 Å². The maximum atomic E-state index is 5.25. The Kier molecular flexibility index (Phi) is 5.95. The number of nitrogens with zero attached hydrogens (tertiary/aromatic N) is 2. The van der Waals surface area contributed by atoms with Crippen LogP contribution in [-0.2, 0) is 17.8 Å². The predicted molar refractivity (Wildman–Crippen MR) is 81.5 cm³/mol. The molecule has 0 saturated carbocycles. The lowest BCUT2D eigenvalue weighted by atomic mass is 10.1. The van der Waals surface area contributed by atoms with Gasteiger partial charge in [-0.25, -0.2) is 0 Å². The highest BCUT2D eigenvalue weighted by molar-refractivity contribution is 5.11. The van der Waals surface area contributed by atoms with Crippen LogP contribution in [0.2, 0.25) is 0 Å². The second-order valence-electron chi connectivity index (χ2n) is 6.00. The Morgan fingerprint density at radius 3 is 2.95 bits per heavy atom. The monoisotopic (exact) mass is 277 g/mol. The van der Waals surface area contributed by atoms with Crippen molar-refractivity contribution in [3.63, 3.8) is 0 Å². The van der Waals surface area contributed by atoms with Gasteiger partial charge in [-0.05, 0) is 31.0 Å².